The van der Waals surface area contributed by atoms with Gasteiger partial charge in [-0.25, -0.2) is 0 Å². The fraction of sp³-hybridized carbons (Fsp3) is 0.214. The van der Waals surface area contributed by atoms with E-state index in [0.29, 0.717) is 52.8 Å². The van der Waals surface area contributed by atoms with Crippen LogP contribution in [-0.2, 0) is 0 Å². The Kier molecular flexibility index (Phi) is 7.44. The molecule has 36 heavy (non-hydrogen) atoms. The molecule has 4 aromatic carbocycles. The molecule has 0 heterocycles. The molecule has 0 aromatic heterocycles. The summed E-state index contributed by atoms with van der Waals surface area (Å²) in [5.74, 6) is 0.997. The number of nitrogens with zero attached hydrogens (tertiary/aromatic N) is 4. The number of azo groups is 2. The number of hydrogen-bond acceptors (Lipinski definition) is 8. The highest BCUT2D eigenvalue weighted by Gasteiger charge is 2.14. The summed E-state index contributed by atoms with van der Waals surface area (Å²) in [6.45, 7) is 8.50. The van der Waals surface area contributed by atoms with Crippen molar-refractivity contribution in [2.45, 2.75) is 27.7 Å². The van der Waals surface area contributed by atoms with Crippen LogP contribution in [0, 0.1) is 13.8 Å². The number of phenolic OH excluding ortho intramolecular Hbond substituents is 1. The summed E-state index contributed by atoms with van der Waals surface area (Å²) in [6.07, 6.45) is 0. The fourth-order valence-electron chi connectivity index (χ4n) is 3.79. The average Bonchev–Trinajstić information content (AvgIpc) is 2.85. The summed E-state index contributed by atoms with van der Waals surface area (Å²) >= 11 is 0. The van der Waals surface area contributed by atoms with E-state index in [-0.39, 0.29) is 5.75 Å². The van der Waals surface area contributed by atoms with Crippen LogP contribution < -0.4 is 15.2 Å². The minimum atomic E-state index is 0.0209. The van der Waals surface area contributed by atoms with Gasteiger partial charge in [-0.1, -0.05) is 18.2 Å². The van der Waals surface area contributed by atoms with Gasteiger partial charge in [-0.05, 0) is 74.5 Å². The van der Waals surface area contributed by atoms with Gasteiger partial charge in [0.1, 0.15) is 28.6 Å². The maximum absolute atomic E-state index is 10.9. The quantitative estimate of drug-likeness (QED) is 0.193. The number of nitrogen functional groups attached to an aromatic ring is 1. The van der Waals surface area contributed by atoms with Crippen molar-refractivity contribution in [2.24, 2.45) is 20.5 Å². The zero-order chi connectivity index (χ0) is 25.7. The van der Waals surface area contributed by atoms with Gasteiger partial charge in [-0.3, -0.25) is 0 Å². The second-order valence-corrected chi connectivity index (χ2v) is 8.26. The Morgan fingerprint density at radius 1 is 0.778 bits per heavy atom. The zero-order valence-corrected chi connectivity index (χ0v) is 20.8. The largest absolute Gasteiger partial charge is 0.505 e. The third-order valence-electron chi connectivity index (χ3n) is 5.48. The Labute approximate surface area is 210 Å². The first-order valence-electron chi connectivity index (χ1n) is 11.7. The fourth-order valence-corrected chi connectivity index (χ4v) is 3.79. The Bertz CT molecular complexity index is 1460. The first-order chi connectivity index (χ1) is 17.4. The molecule has 0 aliphatic carbocycles. The molecule has 0 spiro atoms. The van der Waals surface area contributed by atoms with E-state index in [1.54, 1.807) is 24.3 Å². The van der Waals surface area contributed by atoms with Crippen molar-refractivity contribution >= 4 is 39.2 Å². The van der Waals surface area contributed by atoms with E-state index >= 15 is 0 Å². The zero-order valence-electron chi connectivity index (χ0n) is 20.8. The Morgan fingerprint density at radius 3 is 2.08 bits per heavy atom. The summed E-state index contributed by atoms with van der Waals surface area (Å²) in [7, 11) is 0. The van der Waals surface area contributed by atoms with Gasteiger partial charge in [0, 0.05) is 23.2 Å². The number of nitrogens with two attached hydrogens (primary N) is 1. The lowest BCUT2D eigenvalue weighted by molar-refractivity contribution is 0.332. The number of hydrogen-bond donors (Lipinski definition) is 2. The number of phenols is 1. The van der Waals surface area contributed by atoms with E-state index in [1.807, 2.05) is 64.1 Å². The Hall–Kier alpha value is -4.46. The van der Waals surface area contributed by atoms with Gasteiger partial charge >= 0.3 is 0 Å². The maximum Gasteiger partial charge on any atom is 0.151 e. The molecule has 4 rings (SSSR count). The lowest BCUT2D eigenvalue weighted by Gasteiger charge is -2.12. The van der Waals surface area contributed by atoms with Crippen LogP contribution >= 0.6 is 0 Å². The molecule has 184 valence electrons. The first-order valence-corrected chi connectivity index (χ1v) is 11.7. The van der Waals surface area contributed by atoms with Gasteiger partial charge in [0.2, 0.25) is 0 Å². The minimum Gasteiger partial charge on any atom is -0.505 e. The van der Waals surface area contributed by atoms with Crippen LogP contribution in [0.1, 0.15) is 25.0 Å². The standard InChI is InChI=1S/C28H29N5O3/c1-5-35-25-16-24(26(36-6-2)15-23(25)31-30-21-9-7-8-17(3)12-21)32-33-27-18(4)13-19-10-11-20(29)14-22(19)28(27)34/h7-16,34H,5-6,29H2,1-4H3. The van der Waals surface area contributed by atoms with E-state index in [0.717, 1.165) is 22.2 Å². The molecule has 0 atom stereocenters. The van der Waals surface area contributed by atoms with Crippen molar-refractivity contribution in [3.05, 3.63) is 71.8 Å². The highest BCUT2D eigenvalue weighted by atomic mass is 16.5. The predicted octanol–water partition coefficient (Wildman–Crippen LogP) is 8.37. The van der Waals surface area contributed by atoms with Crippen LogP contribution in [-0.4, -0.2) is 18.3 Å². The molecule has 0 fully saturated rings. The molecule has 0 aliphatic heterocycles. The third kappa shape index (κ3) is 5.43. The average molecular weight is 484 g/mol. The lowest BCUT2D eigenvalue weighted by Crippen LogP contribution is -1.95. The molecule has 0 bridgehead atoms. The second-order valence-electron chi connectivity index (χ2n) is 8.26. The number of ether oxygens (including phenoxy) is 2. The predicted molar refractivity (Wildman–Crippen MR) is 143 cm³/mol. The van der Waals surface area contributed by atoms with E-state index in [9.17, 15) is 5.11 Å². The number of benzene rings is 4. The third-order valence-corrected chi connectivity index (χ3v) is 5.48. The summed E-state index contributed by atoms with van der Waals surface area (Å²) < 4.78 is 11.6. The topological polar surface area (TPSA) is 114 Å². The molecule has 0 saturated heterocycles. The molecule has 0 radical (unpaired) electrons. The monoisotopic (exact) mass is 483 g/mol. The van der Waals surface area contributed by atoms with Crippen LogP contribution in [0.5, 0.6) is 17.2 Å². The highest BCUT2D eigenvalue weighted by Crippen LogP contribution is 2.43. The molecule has 4 aromatic rings. The molecule has 3 N–H and O–H groups in total. The van der Waals surface area contributed by atoms with Crippen molar-refractivity contribution in [1.29, 1.82) is 0 Å². The molecule has 8 nitrogen and oxygen atoms in total. The van der Waals surface area contributed by atoms with Crippen molar-refractivity contribution in [2.75, 3.05) is 18.9 Å². The van der Waals surface area contributed by atoms with E-state index in [4.69, 9.17) is 15.2 Å². The Balaban J connectivity index is 1.76. The van der Waals surface area contributed by atoms with Crippen LogP contribution in [0.2, 0.25) is 0 Å². The van der Waals surface area contributed by atoms with Crippen molar-refractivity contribution in [3.63, 3.8) is 0 Å². The number of fused-ring (bicyclic) bond motifs is 1. The van der Waals surface area contributed by atoms with E-state index in [1.165, 1.54) is 0 Å². The molecular formula is C28H29N5O3. The van der Waals surface area contributed by atoms with Crippen molar-refractivity contribution < 1.29 is 14.6 Å². The molecule has 0 saturated carbocycles. The minimum absolute atomic E-state index is 0.0209. The number of rotatable bonds is 8. The summed E-state index contributed by atoms with van der Waals surface area (Å²) in [5, 5.41) is 29.9. The van der Waals surface area contributed by atoms with Crippen LogP contribution in [0.15, 0.2) is 81.1 Å². The lowest BCUT2D eigenvalue weighted by atomic mass is 10.0. The van der Waals surface area contributed by atoms with Gasteiger partial charge in [-0.15, -0.1) is 15.3 Å². The van der Waals surface area contributed by atoms with Gasteiger partial charge in [-0.2, -0.15) is 5.11 Å². The number of aromatic hydroxyl groups is 1. The van der Waals surface area contributed by atoms with Crippen molar-refractivity contribution in [3.8, 4) is 17.2 Å². The Morgan fingerprint density at radius 2 is 1.44 bits per heavy atom. The van der Waals surface area contributed by atoms with Crippen LogP contribution in [0.3, 0.4) is 0 Å². The molecular weight excluding hydrogens is 454 g/mol. The molecule has 0 aliphatic rings. The van der Waals surface area contributed by atoms with E-state index < -0.39 is 0 Å². The maximum atomic E-state index is 10.9. The van der Waals surface area contributed by atoms with Crippen LogP contribution in [0.25, 0.3) is 10.8 Å². The van der Waals surface area contributed by atoms with Gasteiger partial charge in [0.05, 0.1) is 18.9 Å². The summed E-state index contributed by atoms with van der Waals surface area (Å²) in [4.78, 5) is 0. The summed E-state index contributed by atoms with van der Waals surface area (Å²) in [6, 6.07) is 18.5. The normalized spacial score (nSPS) is 11.6. The van der Waals surface area contributed by atoms with Gasteiger partial charge in [0.25, 0.3) is 0 Å². The SMILES string of the molecule is CCOc1cc(N=Nc2c(C)cc3ccc(N)cc3c2O)c(OCC)cc1N=Nc1cccc(C)c1. The van der Waals surface area contributed by atoms with Crippen LogP contribution in [0.4, 0.5) is 28.4 Å². The first kappa shape index (κ1) is 24.7. The molecule has 8 heteroatoms. The highest BCUT2D eigenvalue weighted by molar-refractivity contribution is 5.95. The summed E-state index contributed by atoms with van der Waals surface area (Å²) in [5.41, 5.74) is 10.4. The van der Waals surface area contributed by atoms with E-state index in [2.05, 4.69) is 20.5 Å². The molecule has 0 amide bonds. The number of anilines is 1. The van der Waals surface area contributed by atoms with Gasteiger partial charge < -0.3 is 20.3 Å². The van der Waals surface area contributed by atoms with Crippen molar-refractivity contribution in [1.82, 2.24) is 0 Å². The van der Waals surface area contributed by atoms with Gasteiger partial charge in [0.15, 0.2) is 5.75 Å². The molecule has 0 unspecified atom stereocenters. The smallest absolute Gasteiger partial charge is 0.151 e. The number of aryl methyl sites for hydroxylation is 2. The second kappa shape index (κ2) is 10.9.